The number of carboxylic acid groups (broad SMARTS) is 1. The second kappa shape index (κ2) is 4.88. The van der Waals surface area contributed by atoms with Crippen LogP contribution in [0, 0.1) is 0 Å². The van der Waals surface area contributed by atoms with E-state index in [-0.39, 0.29) is 23.9 Å². The average Bonchev–Trinajstić information content (AvgIpc) is 2.28. The summed E-state index contributed by atoms with van der Waals surface area (Å²) in [6.45, 7) is 0. The van der Waals surface area contributed by atoms with Crippen molar-refractivity contribution in [1.29, 1.82) is 0 Å². The molecule has 17 heavy (non-hydrogen) atoms. The molecule has 0 aliphatic rings. The van der Waals surface area contributed by atoms with Crippen LogP contribution >= 0.6 is 12.4 Å². The van der Waals surface area contributed by atoms with Gasteiger partial charge in [-0.3, -0.25) is 0 Å². The van der Waals surface area contributed by atoms with Crippen molar-refractivity contribution in [1.82, 2.24) is 4.98 Å². The molecule has 0 radical (unpaired) electrons. The lowest BCUT2D eigenvalue weighted by Gasteiger charge is -2.07. The molecule has 0 bridgehead atoms. The number of aromatic carboxylic acids is 1. The van der Waals surface area contributed by atoms with E-state index >= 15 is 0 Å². The number of carbonyl (C=O) groups is 1. The van der Waals surface area contributed by atoms with E-state index in [0.29, 0.717) is 16.6 Å². The molecule has 0 saturated carbocycles. The van der Waals surface area contributed by atoms with Gasteiger partial charge in [0.05, 0.1) is 11.2 Å². The number of rotatable bonds is 2. The van der Waals surface area contributed by atoms with Gasteiger partial charge in [-0.05, 0) is 12.1 Å². The Morgan fingerprint density at radius 1 is 1.41 bits per heavy atom. The molecule has 3 N–H and O–H groups in total. The quantitative estimate of drug-likeness (QED) is 0.765. The van der Waals surface area contributed by atoms with Crippen LogP contribution in [0.4, 0.5) is 5.69 Å². The Hall–Kier alpha value is -2.01. The Labute approximate surface area is 104 Å². The summed E-state index contributed by atoms with van der Waals surface area (Å²) in [5, 5.41) is 21.9. The van der Waals surface area contributed by atoms with E-state index in [1.165, 1.54) is 0 Å². The van der Waals surface area contributed by atoms with Crippen molar-refractivity contribution in [3.63, 3.8) is 0 Å². The van der Waals surface area contributed by atoms with E-state index in [4.69, 9.17) is 5.11 Å². The van der Waals surface area contributed by atoms with Gasteiger partial charge < -0.3 is 15.5 Å². The molecular formula is C11H11ClN2O3. The number of carboxylic acids is 1. The highest BCUT2D eigenvalue weighted by Gasteiger charge is 2.11. The molecule has 6 heteroatoms. The zero-order valence-corrected chi connectivity index (χ0v) is 9.78. The summed E-state index contributed by atoms with van der Waals surface area (Å²) in [6, 6.07) is 6.35. The Bertz CT molecular complexity index is 572. The lowest BCUT2D eigenvalue weighted by molar-refractivity contribution is 0.0690. The zero-order chi connectivity index (χ0) is 11.7. The SMILES string of the molecule is CNc1cccc2c(O)cc(C(=O)O)nc12.Cl. The second-order valence-corrected chi connectivity index (χ2v) is 3.28. The van der Waals surface area contributed by atoms with Crippen LogP contribution in [-0.4, -0.2) is 28.2 Å². The van der Waals surface area contributed by atoms with Crippen molar-refractivity contribution in [2.75, 3.05) is 12.4 Å². The minimum Gasteiger partial charge on any atom is -0.507 e. The fraction of sp³-hybridized carbons (Fsp3) is 0.0909. The van der Waals surface area contributed by atoms with E-state index in [0.717, 1.165) is 6.07 Å². The maximum atomic E-state index is 10.8. The van der Waals surface area contributed by atoms with E-state index in [2.05, 4.69) is 10.3 Å². The summed E-state index contributed by atoms with van der Waals surface area (Å²) in [5.41, 5.74) is 0.950. The monoisotopic (exact) mass is 254 g/mol. The number of hydrogen-bond acceptors (Lipinski definition) is 4. The van der Waals surface area contributed by atoms with Crippen LogP contribution in [0.25, 0.3) is 10.9 Å². The van der Waals surface area contributed by atoms with Crippen LogP contribution in [0.2, 0.25) is 0 Å². The Morgan fingerprint density at radius 2 is 2.12 bits per heavy atom. The maximum absolute atomic E-state index is 10.8. The summed E-state index contributed by atoms with van der Waals surface area (Å²) in [6.07, 6.45) is 0. The number of benzene rings is 1. The Kier molecular flexibility index (Phi) is 3.75. The lowest BCUT2D eigenvalue weighted by atomic mass is 10.1. The number of fused-ring (bicyclic) bond motifs is 1. The van der Waals surface area contributed by atoms with Crippen LogP contribution in [0.5, 0.6) is 5.75 Å². The Balaban J connectivity index is 0.00000144. The summed E-state index contributed by atoms with van der Waals surface area (Å²) >= 11 is 0. The maximum Gasteiger partial charge on any atom is 0.354 e. The normalized spacial score (nSPS) is 9.71. The van der Waals surface area contributed by atoms with Crippen LogP contribution in [0.1, 0.15) is 10.5 Å². The number of nitrogens with zero attached hydrogens (tertiary/aromatic N) is 1. The lowest BCUT2D eigenvalue weighted by Crippen LogP contribution is -2.01. The van der Waals surface area contributed by atoms with Crippen molar-refractivity contribution in [2.45, 2.75) is 0 Å². The van der Waals surface area contributed by atoms with Crippen molar-refractivity contribution >= 4 is 35.0 Å². The first-order valence-electron chi connectivity index (χ1n) is 4.67. The van der Waals surface area contributed by atoms with Crippen LogP contribution in [0.3, 0.4) is 0 Å². The summed E-state index contributed by atoms with van der Waals surface area (Å²) in [5.74, 6) is -1.25. The second-order valence-electron chi connectivity index (χ2n) is 3.28. The van der Waals surface area contributed by atoms with Crippen LogP contribution in [-0.2, 0) is 0 Å². The molecule has 5 nitrogen and oxygen atoms in total. The molecule has 0 unspecified atom stereocenters. The molecule has 1 aromatic heterocycles. The van der Waals surface area contributed by atoms with E-state index in [1.807, 2.05) is 0 Å². The highest BCUT2D eigenvalue weighted by molar-refractivity contribution is 5.98. The molecule has 2 aromatic rings. The highest BCUT2D eigenvalue weighted by Crippen LogP contribution is 2.28. The zero-order valence-electron chi connectivity index (χ0n) is 8.97. The smallest absolute Gasteiger partial charge is 0.354 e. The standard InChI is InChI=1S/C11H10N2O3.ClH/c1-12-7-4-2-3-6-9(14)5-8(11(15)16)13-10(6)7;/h2-5,12H,1H3,(H,13,14)(H,15,16);1H. The van der Waals surface area contributed by atoms with Crippen molar-refractivity contribution in [3.8, 4) is 5.75 Å². The molecule has 0 spiro atoms. The third-order valence-corrected chi connectivity index (χ3v) is 2.31. The predicted molar refractivity (Wildman–Crippen MR) is 67.2 cm³/mol. The topological polar surface area (TPSA) is 82.5 Å². The molecule has 1 aromatic carbocycles. The first-order chi connectivity index (χ1) is 7.63. The van der Waals surface area contributed by atoms with Gasteiger partial charge >= 0.3 is 5.97 Å². The van der Waals surface area contributed by atoms with Gasteiger partial charge in [-0.15, -0.1) is 12.4 Å². The minimum absolute atomic E-state index is 0. The largest absolute Gasteiger partial charge is 0.507 e. The van der Waals surface area contributed by atoms with Crippen molar-refractivity contribution in [2.24, 2.45) is 0 Å². The number of halogens is 1. The number of para-hydroxylation sites is 1. The Morgan fingerprint density at radius 3 is 2.71 bits per heavy atom. The highest BCUT2D eigenvalue weighted by atomic mass is 35.5. The first-order valence-corrected chi connectivity index (χ1v) is 4.67. The summed E-state index contributed by atoms with van der Waals surface area (Å²) < 4.78 is 0. The molecule has 1 heterocycles. The van der Waals surface area contributed by atoms with Gasteiger partial charge in [-0.2, -0.15) is 0 Å². The van der Waals surface area contributed by atoms with Gasteiger partial charge in [0.15, 0.2) is 5.69 Å². The van der Waals surface area contributed by atoms with Gasteiger partial charge in [0.25, 0.3) is 0 Å². The molecule has 0 aliphatic heterocycles. The van der Waals surface area contributed by atoms with Crippen LogP contribution in [0.15, 0.2) is 24.3 Å². The van der Waals surface area contributed by atoms with E-state index < -0.39 is 5.97 Å². The molecular weight excluding hydrogens is 244 g/mol. The number of aromatic nitrogens is 1. The molecule has 0 aliphatic carbocycles. The number of pyridine rings is 1. The number of nitrogens with one attached hydrogen (secondary N) is 1. The number of anilines is 1. The summed E-state index contributed by atoms with van der Waals surface area (Å²) in [7, 11) is 1.71. The minimum atomic E-state index is -1.16. The third-order valence-electron chi connectivity index (χ3n) is 2.31. The number of hydrogen-bond donors (Lipinski definition) is 3. The van der Waals surface area contributed by atoms with Gasteiger partial charge in [0.1, 0.15) is 5.75 Å². The average molecular weight is 255 g/mol. The van der Waals surface area contributed by atoms with E-state index in [9.17, 15) is 9.90 Å². The van der Waals surface area contributed by atoms with Gasteiger partial charge in [-0.1, -0.05) is 6.07 Å². The number of aromatic hydroxyl groups is 1. The first kappa shape index (κ1) is 13.1. The van der Waals surface area contributed by atoms with Gasteiger partial charge in [0.2, 0.25) is 0 Å². The van der Waals surface area contributed by atoms with Crippen molar-refractivity contribution in [3.05, 3.63) is 30.0 Å². The molecule has 0 amide bonds. The fourth-order valence-electron chi connectivity index (χ4n) is 1.54. The van der Waals surface area contributed by atoms with Gasteiger partial charge in [-0.25, -0.2) is 9.78 Å². The van der Waals surface area contributed by atoms with Gasteiger partial charge in [0, 0.05) is 18.5 Å². The summed E-state index contributed by atoms with van der Waals surface area (Å²) in [4.78, 5) is 14.8. The predicted octanol–water partition coefficient (Wildman–Crippen LogP) is 2.10. The van der Waals surface area contributed by atoms with Crippen LogP contribution < -0.4 is 5.32 Å². The third kappa shape index (κ3) is 2.24. The molecule has 2 rings (SSSR count). The van der Waals surface area contributed by atoms with E-state index in [1.54, 1.807) is 25.2 Å². The fourth-order valence-corrected chi connectivity index (χ4v) is 1.54. The molecule has 0 atom stereocenters. The molecule has 90 valence electrons. The molecule has 0 saturated heterocycles. The van der Waals surface area contributed by atoms with Crippen molar-refractivity contribution < 1.29 is 15.0 Å². The molecule has 0 fully saturated rings.